The first-order chi connectivity index (χ1) is 12.1. The van der Waals surface area contributed by atoms with E-state index in [9.17, 15) is 14.4 Å². The maximum Gasteiger partial charge on any atom is 0.639 e. The summed E-state index contributed by atoms with van der Waals surface area (Å²) in [4.78, 5) is 32.6. The summed E-state index contributed by atoms with van der Waals surface area (Å²) in [5.41, 5.74) is 0. The Morgan fingerprint density at radius 2 is 1.00 bits per heavy atom. The Bertz CT molecular complexity index is 441. The molecule has 3 atom stereocenters. The largest absolute Gasteiger partial charge is 0.639 e. The fourth-order valence-electron chi connectivity index (χ4n) is 2.04. The van der Waals surface area contributed by atoms with Crippen LogP contribution in [0.5, 0.6) is 0 Å². The summed E-state index contributed by atoms with van der Waals surface area (Å²) in [6, 6.07) is 0. The second-order valence-electron chi connectivity index (χ2n) is 5.19. The summed E-state index contributed by atoms with van der Waals surface area (Å²) >= 11 is 0. The van der Waals surface area contributed by atoms with Crippen molar-refractivity contribution in [2.45, 2.75) is 18.3 Å². The van der Waals surface area contributed by atoms with Gasteiger partial charge in [-0.2, -0.15) is 0 Å². The Morgan fingerprint density at radius 1 is 0.680 bits per heavy atom. The van der Waals surface area contributed by atoms with E-state index >= 15 is 0 Å². The van der Waals surface area contributed by atoms with Gasteiger partial charge in [-0.05, 0) is 0 Å². The number of hydrogen-bond donors (Lipinski definition) is 0. The van der Waals surface area contributed by atoms with Gasteiger partial charge in [0.1, 0.15) is 19.8 Å². The molecule has 3 saturated heterocycles. The minimum absolute atomic E-state index is 0.0433. The van der Waals surface area contributed by atoms with Crippen molar-refractivity contribution in [1.82, 2.24) is 0 Å². The highest BCUT2D eigenvalue weighted by molar-refractivity contribution is 6.36. The minimum atomic E-state index is -1.18. The molecule has 0 amide bonds. The molecule has 12 nitrogen and oxygen atoms in total. The van der Waals surface area contributed by atoms with Gasteiger partial charge in [0.2, 0.25) is 0 Å². The van der Waals surface area contributed by atoms with Gasteiger partial charge in [-0.25, -0.2) is 14.4 Å². The first-order valence-electron chi connectivity index (χ1n) is 7.43. The molecule has 0 aromatic carbocycles. The molecule has 0 aromatic rings. The van der Waals surface area contributed by atoms with Gasteiger partial charge in [0, 0.05) is 0 Å². The topological polar surface area (TPSA) is 134 Å². The van der Waals surface area contributed by atoms with Crippen molar-refractivity contribution in [2.24, 2.45) is 0 Å². The van der Waals surface area contributed by atoms with Gasteiger partial charge in [0.15, 0.2) is 18.3 Å². The number of rotatable bonds is 9. The maximum atomic E-state index is 10.9. The number of carbonyl (C=O) groups is 3. The van der Waals surface area contributed by atoms with E-state index in [1.165, 1.54) is 0 Å². The summed E-state index contributed by atoms with van der Waals surface area (Å²) < 4.78 is 44.5. The summed E-state index contributed by atoms with van der Waals surface area (Å²) in [6.45, 7) is 0.0179. The van der Waals surface area contributed by atoms with Crippen molar-refractivity contribution in [3.63, 3.8) is 0 Å². The zero-order chi connectivity index (χ0) is 17.6. The van der Waals surface area contributed by atoms with E-state index in [-0.39, 0.29) is 39.6 Å². The van der Waals surface area contributed by atoms with Gasteiger partial charge in [-0.15, -0.1) is 0 Å². The third-order valence-corrected chi connectivity index (χ3v) is 3.20. The van der Waals surface area contributed by atoms with Crippen LogP contribution in [-0.2, 0) is 42.4 Å². The number of ether oxygens (including phenoxy) is 6. The molecule has 3 unspecified atom stereocenters. The molecule has 0 aliphatic carbocycles. The Labute approximate surface area is 141 Å². The van der Waals surface area contributed by atoms with Crippen LogP contribution in [0.2, 0.25) is 0 Å². The molecule has 0 bridgehead atoms. The van der Waals surface area contributed by atoms with Gasteiger partial charge in [-0.3, -0.25) is 0 Å². The molecule has 0 radical (unpaired) electrons. The van der Waals surface area contributed by atoms with Gasteiger partial charge in [-0.1, -0.05) is 0 Å². The van der Waals surface area contributed by atoms with Crippen LogP contribution in [0.3, 0.4) is 0 Å². The predicted molar refractivity (Wildman–Crippen MR) is 72.3 cm³/mol. The first-order valence-corrected chi connectivity index (χ1v) is 7.43. The number of carbonyl (C=O) groups excluding carboxylic acids is 3. The monoisotopic (exact) mass is 362 g/mol. The lowest BCUT2D eigenvalue weighted by molar-refractivity contribution is 0.0153. The smallest absolute Gasteiger partial charge is 0.430 e. The van der Waals surface area contributed by atoms with Crippen LogP contribution >= 0.6 is 0 Å². The van der Waals surface area contributed by atoms with Crippen molar-refractivity contribution in [3.05, 3.63) is 0 Å². The van der Waals surface area contributed by atoms with Crippen LogP contribution in [0.1, 0.15) is 0 Å². The fourth-order valence-corrected chi connectivity index (χ4v) is 2.04. The molecule has 138 valence electrons. The second-order valence-corrected chi connectivity index (χ2v) is 5.19. The Hall–Kier alpha value is -2.25. The zero-order valence-corrected chi connectivity index (χ0v) is 13.0. The van der Waals surface area contributed by atoms with E-state index < -0.39 is 44.1 Å². The predicted octanol–water partition coefficient (Wildman–Crippen LogP) is -0.373. The molecule has 0 aromatic heterocycles. The van der Waals surface area contributed by atoms with E-state index in [0.29, 0.717) is 0 Å². The molecule has 0 N–H and O–H groups in total. The third kappa shape index (κ3) is 5.37. The first kappa shape index (κ1) is 17.6. The molecular weight excluding hydrogens is 347 g/mol. The highest BCUT2D eigenvalue weighted by Crippen LogP contribution is 2.12. The van der Waals surface area contributed by atoms with E-state index in [2.05, 4.69) is 14.2 Å². The molecule has 25 heavy (non-hydrogen) atoms. The van der Waals surface area contributed by atoms with Crippen LogP contribution in [-0.4, -0.2) is 83.7 Å². The van der Waals surface area contributed by atoms with Crippen molar-refractivity contribution >= 4 is 25.8 Å². The molecule has 13 heteroatoms. The van der Waals surface area contributed by atoms with E-state index in [1.54, 1.807) is 0 Å². The molecule has 0 spiro atoms. The van der Waals surface area contributed by atoms with Gasteiger partial charge in [0.25, 0.3) is 0 Å². The summed E-state index contributed by atoms with van der Waals surface area (Å²) in [6.07, 6.45) is -4.13. The van der Waals surface area contributed by atoms with Crippen LogP contribution in [0.4, 0.5) is 14.4 Å². The van der Waals surface area contributed by atoms with Crippen LogP contribution in [0.15, 0.2) is 0 Å². The molecule has 3 fully saturated rings. The lowest BCUT2D eigenvalue weighted by Crippen LogP contribution is -2.37. The van der Waals surface area contributed by atoms with Crippen molar-refractivity contribution in [3.8, 4) is 0 Å². The third-order valence-electron chi connectivity index (χ3n) is 3.20. The van der Waals surface area contributed by atoms with E-state index in [1.807, 2.05) is 0 Å². The summed E-state index contributed by atoms with van der Waals surface area (Å²) in [7, 11) is -1.18. The Balaban J connectivity index is 1.43. The number of hydrogen-bond acceptors (Lipinski definition) is 12. The SMILES string of the molecule is O=C1OCC(COB(OCC2COC(=O)O2)OCC2COC(=O)O2)O1. The quantitative estimate of drug-likeness (QED) is 0.301. The van der Waals surface area contributed by atoms with Crippen molar-refractivity contribution < 1.29 is 56.8 Å². The molecular formula is C12H15BO12. The molecule has 3 rings (SSSR count). The second kappa shape index (κ2) is 8.22. The van der Waals surface area contributed by atoms with Crippen molar-refractivity contribution in [2.75, 3.05) is 39.6 Å². The standard InChI is InChI=1S/C12H15BO12/c14-10-17-1-7(23-10)4-20-13(21-5-8-2-18-11(15)24-8)22-6-9-3-19-12(16)25-9/h7-9H,1-6H2. The van der Waals surface area contributed by atoms with E-state index in [0.717, 1.165) is 0 Å². The average molecular weight is 362 g/mol. The van der Waals surface area contributed by atoms with E-state index in [4.69, 9.17) is 28.2 Å². The lowest BCUT2D eigenvalue weighted by atomic mass is 10.2. The van der Waals surface area contributed by atoms with Crippen molar-refractivity contribution in [1.29, 1.82) is 0 Å². The maximum absolute atomic E-state index is 10.9. The number of cyclic esters (lactones) is 6. The van der Waals surface area contributed by atoms with Crippen LogP contribution < -0.4 is 0 Å². The van der Waals surface area contributed by atoms with Gasteiger partial charge < -0.3 is 42.4 Å². The minimum Gasteiger partial charge on any atom is -0.430 e. The Morgan fingerprint density at radius 3 is 1.24 bits per heavy atom. The van der Waals surface area contributed by atoms with Gasteiger partial charge >= 0.3 is 25.8 Å². The lowest BCUT2D eigenvalue weighted by Gasteiger charge is -2.18. The fraction of sp³-hybridized carbons (Fsp3) is 0.750. The normalized spacial score (nSPS) is 27.8. The summed E-state index contributed by atoms with van der Waals surface area (Å²) in [5.74, 6) is 0. The molecule has 3 heterocycles. The summed E-state index contributed by atoms with van der Waals surface area (Å²) in [5, 5.41) is 0. The molecule has 3 aliphatic heterocycles. The highest BCUT2D eigenvalue weighted by Gasteiger charge is 2.34. The van der Waals surface area contributed by atoms with Gasteiger partial charge in [0.05, 0.1) is 19.8 Å². The highest BCUT2D eigenvalue weighted by atomic mass is 16.8. The van der Waals surface area contributed by atoms with Crippen LogP contribution in [0.25, 0.3) is 0 Å². The molecule has 0 saturated carbocycles. The Kier molecular flexibility index (Phi) is 5.78. The van der Waals surface area contributed by atoms with Crippen LogP contribution in [0, 0.1) is 0 Å². The average Bonchev–Trinajstić information content (AvgIpc) is 3.29. The molecule has 3 aliphatic rings. The zero-order valence-electron chi connectivity index (χ0n) is 13.0.